The van der Waals surface area contributed by atoms with Gasteiger partial charge in [0.2, 0.25) is 0 Å². The van der Waals surface area contributed by atoms with Crippen molar-refractivity contribution < 1.29 is 0 Å². The fraction of sp³-hybridized carbons (Fsp3) is 0.556. The van der Waals surface area contributed by atoms with Crippen molar-refractivity contribution in [2.75, 3.05) is 5.73 Å². The molecule has 1 aromatic heterocycles. The molecular weight excluding hydrogens is 182 g/mol. The Labute approximate surface area is 82.2 Å². The summed E-state index contributed by atoms with van der Waals surface area (Å²) in [5.41, 5.74) is 8.15. The van der Waals surface area contributed by atoms with Gasteiger partial charge in [0.15, 0.2) is 0 Å². The molecule has 1 aliphatic heterocycles. The second-order valence-electron chi connectivity index (χ2n) is 3.19. The molecule has 2 N–H and O–H groups in total. The molecule has 4 heteroatoms. The van der Waals surface area contributed by atoms with E-state index in [1.54, 1.807) is 0 Å². The van der Waals surface area contributed by atoms with Crippen LogP contribution in [0, 0.1) is 0 Å². The molecule has 2 heterocycles. The molecule has 0 bridgehead atoms. The van der Waals surface area contributed by atoms with Crippen LogP contribution in [0.3, 0.4) is 0 Å². The van der Waals surface area contributed by atoms with Crippen molar-refractivity contribution in [2.24, 2.45) is 0 Å². The molecule has 0 radical (unpaired) electrons. The fourth-order valence-electron chi connectivity index (χ4n) is 1.46. The second kappa shape index (κ2) is 3.54. The lowest BCUT2D eigenvalue weighted by atomic mass is 10.2. The zero-order valence-electron chi connectivity index (χ0n) is 7.71. The SMILES string of the molecule is CCCc1nc(N)c2c(n1)CSC2. The van der Waals surface area contributed by atoms with Gasteiger partial charge in [-0.15, -0.1) is 0 Å². The third kappa shape index (κ3) is 1.63. The van der Waals surface area contributed by atoms with Crippen LogP contribution >= 0.6 is 11.8 Å². The molecule has 1 aliphatic rings. The van der Waals surface area contributed by atoms with Crippen LogP contribution < -0.4 is 5.73 Å². The predicted molar refractivity (Wildman–Crippen MR) is 55.4 cm³/mol. The number of fused-ring (bicyclic) bond motifs is 1. The highest BCUT2D eigenvalue weighted by molar-refractivity contribution is 7.98. The Morgan fingerprint density at radius 2 is 2.23 bits per heavy atom. The Balaban J connectivity index is 2.37. The standard InChI is InChI=1S/C9H13N3S/c1-2-3-8-11-7-5-13-4-6(7)9(10)12-8/h2-5H2,1H3,(H2,10,11,12). The number of aromatic nitrogens is 2. The number of hydrogen-bond donors (Lipinski definition) is 1. The molecule has 0 unspecified atom stereocenters. The molecule has 0 fully saturated rings. The first-order valence-electron chi connectivity index (χ1n) is 4.53. The average Bonchev–Trinajstić information content (AvgIpc) is 2.53. The van der Waals surface area contributed by atoms with Gasteiger partial charge in [0, 0.05) is 23.5 Å². The molecule has 2 rings (SSSR count). The van der Waals surface area contributed by atoms with E-state index in [0.717, 1.165) is 41.4 Å². The lowest BCUT2D eigenvalue weighted by molar-refractivity contribution is 0.823. The van der Waals surface area contributed by atoms with E-state index in [0.29, 0.717) is 5.82 Å². The molecule has 0 saturated heterocycles. The van der Waals surface area contributed by atoms with Gasteiger partial charge in [-0.2, -0.15) is 11.8 Å². The summed E-state index contributed by atoms with van der Waals surface area (Å²) in [6.07, 6.45) is 2.01. The van der Waals surface area contributed by atoms with Gasteiger partial charge in [-0.3, -0.25) is 0 Å². The first-order valence-corrected chi connectivity index (χ1v) is 5.68. The van der Waals surface area contributed by atoms with Gasteiger partial charge in [-0.25, -0.2) is 9.97 Å². The van der Waals surface area contributed by atoms with Crippen molar-refractivity contribution in [3.8, 4) is 0 Å². The second-order valence-corrected chi connectivity index (χ2v) is 4.18. The first kappa shape index (κ1) is 8.81. The van der Waals surface area contributed by atoms with Gasteiger partial charge >= 0.3 is 0 Å². The highest BCUT2D eigenvalue weighted by Crippen LogP contribution is 2.31. The quantitative estimate of drug-likeness (QED) is 0.781. The van der Waals surface area contributed by atoms with E-state index in [4.69, 9.17) is 5.73 Å². The molecule has 3 nitrogen and oxygen atoms in total. The van der Waals surface area contributed by atoms with Crippen LogP contribution in [0.1, 0.15) is 30.4 Å². The van der Waals surface area contributed by atoms with Crippen molar-refractivity contribution in [3.63, 3.8) is 0 Å². The first-order chi connectivity index (χ1) is 6.31. The van der Waals surface area contributed by atoms with E-state index in [1.807, 2.05) is 11.8 Å². The van der Waals surface area contributed by atoms with Gasteiger partial charge in [-0.1, -0.05) is 6.92 Å². The molecule has 0 saturated carbocycles. The maximum absolute atomic E-state index is 5.84. The number of anilines is 1. The zero-order valence-corrected chi connectivity index (χ0v) is 8.52. The smallest absolute Gasteiger partial charge is 0.131 e. The molecule has 0 aromatic carbocycles. The predicted octanol–water partition coefficient (Wildman–Crippen LogP) is 1.76. The highest BCUT2D eigenvalue weighted by Gasteiger charge is 2.17. The zero-order chi connectivity index (χ0) is 9.26. The maximum Gasteiger partial charge on any atom is 0.131 e. The van der Waals surface area contributed by atoms with Gasteiger partial charge in [-0.05, 0) is 6.42 Å². The number of aryl methyl sites for hydroxylation is 1. The van der Waals surface area contributed by atoms with Gasteiger partial charge in [0.05, 0.1) is 5.69 Å². The minimum absolute atomic E-state index is 0.693. The normalized spacial score (nSPS) is 14.5. The molecular formula is C9H13N3S. The number of thioether (sulfide) groups is 1. The molecule has 13 heavy (non-hydrogen) atoms. The summed E-state index contributed by atoms with van der Waals surface area (Å²) in [5, 5.41) is 0. The Hall–Kier alpha value is -0.770. The average molecular weight is 195 g/mol. The maximum atomic E-state index is 5.84. The lowest BCUT2D eigenvalue weighted by Gasteiger charge is -2.04. The number of rotatable bonds is 2. The molecule has 70 valence electrons. The van der Waals surface area contributed by atoms with E-state index in [1.165, 1.54) is 0 Å². The van der Waals surface area contributed by atoms with Gasteiger partial charge < -0.3 is 5.73 Å². The Bertz CT molecular complexity index is 325. The van der Waals surface area contributed by atoms with Crippen LogP contribution in [0.5, 0.6) is 0 Å². The van der Waals surface area contributed by atoms with E-state index < -0.39 is 0 Å². The fourth-order valence-corrected chi connectivity index (χ4v) is 2.52. The number of nitrogens with two attached hydrogens (primary N) is 1. The topological polar surface area (TPSA) is 51.8 Å². The Kier molecular flexibility index (Phi) is 2.40. The number of nitrogen functional groups attached to an aromatic ring is 1. The largest absolute Gasteiger partial charge is 0.383 e. The van der Waals surface area contributed by atoms with Crippen molar-refractivity contribution in [1.82, 2.24) is 9.97 Å². The third-order valence-electron chi connectivity index (χ3n) is 2.13. The van der Waals surface area contributed by atoms with Crippen LogP contribution in [-0.4, -0.2) is 9.97 Å². The molecule has 0 spiro atoms. The summed E-state index contributed by atoms with van der Waals surface area (Å²) in [5.74, 6) is 3.58. The van der Waals surface area contributed by atoms with Crippen LogP contribution in [0.25, 0.3) is 0 Å². The minimum Gasteiger partial charge on any atom is -0.383 e. The van der Waals surface area contributed by atoms with Gasteiger partial charge in [0.25, 0.3) is 0 Å². The molecule has 0 amide bonds. The molecule has 0 aliphatic carbocycles. The molecule has 0 atom stereocenters. The van der Waals surface area contributed by atoms with Crippen LogP contribution in [-0.2, 0) is 17.9 Å². The Morgan fingerprint density at radius 1 is 1.38 bits per heavy atom. The van der Waals surface area contributed by atoms with Crippen molar-refractivity contribution in [1.29, 1.82) is 0 Å². The van der Waals surface area contributed by atoms with Gasteiger partial charge in [0.1, 0.15) is 11.6 Å². The number of nitrogens with zero attached hydrogens (tertiary/aromatic N) is 2. The molecule has 1 aromatic rings. The summed E-state index contributed by atoms with van der Waals surface area (Å²) in [6.45, 7) is 2.13. The summed E-state index contributed by atoms with van der Waals surface area (Å²) in [4.78, 5) is 8.78. The van der Waals surface area contributed by atoms with E-state index in [9.17, 15) is 0 Å². The summed E-state index contributed by atoms with van der Waals surface area (Å²) < 4.78 is 0. The monoisotopic (exact) mass is 195 g/mol. The summed E-state index contributed by atoms with van der Waals surface area (Å²) in [7, 11) is 0. The van der Waals surface area contributed by atoms with E-state index >= 15 is 0 Å². The van der Waals surface area contributed by atoms with Crippen molar-refractivity contribution in [3.05, 3.63) is 17.1 Å². The summed E-state index contributed by atoms with van der Waals surface area (Å²) >= 11 is 1.86. The van der Waals surface area contributed by atoms with Crippen LogP contribution in [0.4, 0.5) is 5.82 Å². The van der Waals surface area contributed by atoms with Crippen molar-refractivity contribution in [2.45, 2.75) is 31.3 Å². The van der Waals surface area contributed by atoms with Crippen LogP contribution in [0.2, 0.25) is 0 Å². The van der Waals surface area contributed by atoms with Crippen LogP contribution in [0.15, 0.2) is 0 Å². The van der Waals surface area contributed by atoms with E-state index in [2.05, 4.69) is 16.9 Å². The third-order valence-corrected chi connectivity index (χ3v) is 3.10. The minimum atomic E-state index is 0.693. The van der Waals surface area contributed by atoms with Crippen molar-refractivity contribution >= 4 is 17.6 Å². The van der Waals surface area contributed by atoms with E-state index in [-0.39, 0.29) is 0 Å². The highest BCUT2D eigenvalue weighted by atomic mass is 32.2. The summed E-state index contributed by atoms with van der Waals surface area (Å²) in [6, 6.07) is 0. The Morgan fingerprint density at radius 3 is 3.00 bits per heavy atom. The lowest BCUT2D eigenvalue weighted by Crippen LogP contribution is -2.05. The number of hydrogen-bond acceptors (Lipinski definition) is 4.